The van der Waals surface area contributed by atoms with E-state index >= 15 is 0 Å². The zero-order chi connectivity index (χ0) is 14.0. The van der Waals surface area contributed by atoms with Crippen molar-refractivity contribution in [3.63, 3.8) is 0 Å². The van der Waals surface area contributed by atoms with Gasteiger partial charge in [0.2, 0.25) is 0 Å². The van der Waals surface area contributed by atoms with E-state index < -0.39 is 0 Å². The Hall–Kier alpha value is -0.910. The van der Waals surface area contributed by atoms with Crippen LogP contribution >= 0.6 is 38.9 Å². The lowest BCUT2D eigenvalue weighted by atomic mass is 10.2. The number of nitrogens with zero attached hydrogens (tertiary/aromatic N) is 1. The number of carbonyl (C=O) groups is 1. The van der Waals surface area contributed by atoms with Gasteiger partial charge in [0, 0.05) is 26.1 Å². The average molecular weight is 360 g/mol. The zero-order valence-electron chi connectivity index (χ0n) is 10.4. The van der Waals surface area contributed by atoms with Crippen LogP contribution < -0.4 is 5.32 Å². The molecule has 1 aromatic carbocycles. The number of hydrogen-bond donors (Lipinski definition) is 1. The Morgan fingerprint density at radius 1 is 1.47 bits per heavy atom. The predicted molar refractivity (Wildman–Crippen MR) is 81.9 cm³/mol. The van der Waals surface area contributed by atoms with Crippen molar-refractivity contribution < 1.29 is 4.79 Å². The van der Waals surface area contributed by atoms with Crippen molar-refractivity contribution in [2.75, 3.05) is 0 Å². The van der Waals surface area contributed by atoms with Gasteiger partial charge in [-0.1, -0.05) is 27.5 Å². The molecule has 6 heteroatoms. The predicted octanol–water partition coefficient (Wildman–Crippen LogP) is 4.36. The summed E-state index contributed by atoms with van der Waals surface area (Å²) in [6.07, 6.45) is 0. The van der Waals surface area contributed by atoms with Gasteiger partial charge in [0.25, 0.3) is 5.91 Å². The molecule has 0 saturated carbocycles. The van der Waals surface area contributed by atoms with E-state index in [-0.39, 0.29) is 11.9 Å². The molecule has 0 aliphatic heterocycles. The molecule has 0 aliphatic rings. The lowest BCUT2D eigenvalue weighted by Crippen LogP contribution is -2.26. The highest BCUT2D eigenvalue weighted by Crippen LogP contribution is 2.21. The van der Waals surface area contributed by atoms with Crippen LogP contribution in [0.2, 0.25) is 5.02 Å². The van der Waals surface area contributed by atoms with Crippen LogP contribution in [0.5, 0.6) is 0 Å². The minimum absolute atomic E-state index is 0.121. The summed E-state index contributed by atoms with van der Waals surface area (Å²) in [6, 6.07) is 5.00. The van der Waals surface area contributed by atoms with Gasteiger partial charge in [-0.25, -0.2) is 4.98 Å². The molecule has 0 fully saturated rings. The van der Waals surface area contributed by atoms with Crippen LogP contribution in [0, 0.1) is 6.92 Å². The molecule has 0 radical (unpaired) electrons. The second kappa shape index (κ2) is 6.03. The fraction of sp³-hybridized carbons (Fsp3) is 0.231. The van der Waals surface area contributed by atoms with Crippen molar-refractivity contribution in [1.29, 1.82) is 0 Å². The fourth-order valence-corrected chi connectivity index (χ4v) is 3.26. The van der Waals surface area contributed by atoms with E-state index in [9.17, 15) is 4.79 Å². The smallest absolute Gasteiger partial charge is 0.251 e. The summed E-state index contributed by atoms with van der Waals surface area (Å²) in [6.45, 7) is 3.85. The zero-order valence-corrected chi connectivity index (χ0v) is 13.6. The van der Waals surface area contributed by atoms with Crippen LogP contribution in [0.25, 0.3) is 0 Å². The van der Waals surface area contributed by atoms with Crippen molar-refractivity contribution in [2.24, 2.45) is 0 Å². The van der Waals surface area contributed by atoms with E-state index in [2.05, 4.69) is 26.2 Å². The fourth-order valence-electron chi connectivity index (χ4n) is 1.60. The number of carbonyl (C=O) groups excluding carboxylic acids is 1. The van der Waals surface area contributed by atoms with E-state index in [0.717, 1.165) is 15.2 Å². The van der Waals surface area contributed by atoms with E-state index in [4.69, 9.17) is 11.6 Å². The molecule has 1 heterocycles. The molecule has 0 bridgehead atoms. The van der Waals surface area contributed by atoms with Gasteiger partial charge < -0.3 is 5.32 Å². The molecule has 1 atom stereocenters. The highest BCUT2D eigenvalue weighted by molar-refractivity contribution is 9.10. The highest BCUT2D eigenvalue weighted by Gasteiger charge is 2.14. The first kappa shape index (κ1) is 14.5. The Morgan fingerprint density at radius 2 is 2.21 bits per heavy atom. The normalized spacial score (nSPS) is 12.2. The summed E-state index contributed by atoms with van der Waals surface area (Å²) < 4.78 is 0.780. The molecule has 2 rings (SSSR count). The van der Waals surface area contributed by atoms with E-state index in [1.54, 1.807) is 18.2 Å². The van der Waals surface area contributed by atoms with Gasteiger partial charge >= 0.3 is 0 Å². The van der Waals surface area contributed by atoms with Gasteiger partial charge in [0.1, 0.15) is 5.01 Å². The first-order chi connectivity index (χ1) is 8.95. The first-order valence-corrected chi connectivity index (χ1v) is 7.70. The monoisotopic (exact) mass is 358 g/mol. The first-order valence-electron chi connectivity index (χ1n) is 5.64. The lowest BCUT2D eigenvalue weighted by Gasteiger charge is -2.11. The molecule has 1 unspecified atom stereocenters. The van der Waals surface area contributed by atoms with E-state index in [1.807, 2.05) is 19.2 Å². The average Bonchev–Trinajstić information content (AvgIpc) is 2.74. The van der Waals surface area contributed by atoms with Crippen LogP contribution in [0.15, 0.2) is 28.1 Å². The highest BCUT2D eigenvalue weighted by atomic mass is 79.9. The second-order valence-electron chi connectivity index (χ2n) is 4.18. The van der Waals surface area contributed by atoms with Crippen molar-refractivity contribution in [1.82, 2.24) is 10.3 Å². The molecule has 0 spiro atoms. The van der Waals surface area contributed by atoms with Crippen LogP contribution in [0.3, 0.4) is 0 Å². The van der Waals surface area contributed by atoms with Crippen LogP contribution in [0.4, 0.5) is 0 Å². The Bertz CT molecular complexity index is 594. The summed E-state index contributed by atoms with van der Waals surface area (Å²) >= 11 is 10.8. The number of halogens is 2. The summed E-state index contributed by atoms with van der Waals surface area (Å²) in [4.78, 5) is 16.5. The number of nitrogens with one attached hydrogen (secondary N) is 1. The molecule has 3 nitrogen and oxygen atoms in total. The number of amides is 1. The Labute approximate surface area is 129 Å². The number of rotatable bonds is 3. The van der Waals surface area contributed by atoms with Crippen molar-refractivity contribution in [3.05, 3.63) is 49.3 Å². The van der Waals surface area contributed by atoms with Gasteiger partial charge in [0.05, 0.1) is 6.04 Å². The van der Waals surface area contributed by atoms with Crippen molar-refractivity contribution >= 4 is 44.8 Å². The minimum Gasteiger partial charge on any atom is -0.343 e. The lowest BCUT2D eigenvalue weighted by molar-refractivity contribution is 0.0939. The summed E-state index contributed by atoms with van der Waals surface area (Å²) in [5.74, 6) is -0.163. The van der Waals surface area contributed by atoms with Gasteiger partial charge in [-0.15, -0.1) is 11.3 Å². The third-order valence-corrected chi connectivity index (χ3v) is 4.30. The van der Waals surface area contributed by atoms with Crippen LogP contribution in [-0.2, 0) is 0 Å². The molecule has 1 N–H and O–H groups in total. The maximum Gasteiger partial charge on any atom is 0.251 e. The third-order valence-electron chi connectivity index (χ3n) is 2.48. The van der Waals surface area contributed by atoms with Gasteiger partial charge in [-0.2, -0.15) is 0 Å². The van der Waals surface area contributed by atoms with Gasteiger partial charge in [-0.3, -0.25) is 4.79 Å². The number of aromatic nitrogens is 1. The molecule has 100 valence electrons. The molecule has 2 aromatic rings. The molecule has 1 aromatic heterocycles. The SMILES string of the molecule is Cc1csc(C(C)NC(=O)c2cc(Cl)cc(Br)c2)n1. The minimum atomic E-state index is -0.163. The number of aryl methyl sites for hydroxylation is 1. The van der Waals surface area contributed by atoms with Crippen LogP contribution in [-0.4, -0.2) is 10.9 Å². The number of hydrogen-bond acceptors (Lipinski definition) is 3. The summed E-state index contributed by atoms with van der Waals surface area (Å²) in [7, 11) is 0. The van der Waals surface area contributed by atoms with E-state index in [1.165, 1.54) is 11.3 Å². The standard InChI is InChI=1S/C13H12BrClN2OS/c1-7-6-19-13(16-7)8(2)17-12(18)9-3-10(14)5-11(15)4-9/h3-6,8H,1-2H3,(H,17,18). The maximum atomic E-state index is 12.1. The largest absolute Gasteiger partial charge is 0.343 e. The molecule has 19 heavy (non-hydrogen) atoms. The van der Waals surface area contributed by atoms with Gasteiger partial charge in [0.15, 0.2) is 0 Å². The summed E-state index contributed by atoms with van der Waals surface area (Å²) in [5, 5.41) is 6.30. The second-order valence-corrected chi connectivity index (χ2v) is 6.42. The quantitative estimate of drug-likeness (QED) is 0.885. The van der Waals surface area contributed by atoms with Crippen LogP contribution in [0.1, 0.15) is 34.0 Å². The number of benzene rings is 1. The molecule has 0 saturated heterocycles. The third kappa shape index (κ3) is 3.78. The van der Waals surface area contributed by atoms with Gasteiger partial charge in [-0.05, 0) is 32.0 Å². The summed E-state index contributed by atoms with van der Waals surface area (Å²) in [5.41, 5.74) is 1.49. The Kier molecular flexibility index (Phi) is 4.60. The molecule has 1 amide bonds. The topological polar surface area (TPSA) is 42.0 Å². The molecular weight excluding hydrogens is 348 g/mol. The van der Waals surface area contributed by atoms with Crippen molar-refractivity contribution in [3.8, 4) is 0 Å². The molecule has 0 aliphatic carbocycles. The van der Waals surface area contributed by atoms with Crippen molar-refractivity contribution in [2.45, 2.75) is 19.9 Å². The maximum absolute atomic E-state index is 12.1. The van der Waals surface area contributed by atoms with E-state index in [0.29, 0.717) is 10.6 Å². The number of thiazole rings is 1. The Balaban J connectivity index is 2.12. The Morgan fingerprint density at radius 3 is 2.79 bits per heavy atom. The molecular formula is C13H12BrClN2OS.